The van der Waals surface area contributed by atoms with Gasteiger partial charge in [0, 0.05) is 16.6 Å². The number of rotatable bonds is 7. The first-order valence-corrected chi connectivity index (χ1v) is 13.2. The molecule has 2 aromatic carbocycles. The molecule has 0 saturated heterocycles. The molecule has 14 heteroatoms. The van der Waals surface area contributed by atoms with Gasteiger partial charge >= 0.3 is 6.18 Å². The molecule has 1 aromatic heterocycles. The van der Waals surface area contributed by atoms with Crippen molar-refractivity contribution in [3.8, 4) is 0 Å². The molecule has 2 fully saturated rings. The van der Waals surface area contributed by atoms with Crippen LogP contribution in [-0.4, -0.2) is 22.7 Å². The lowest BCUT2D eigenvalue weighted by Gasteiger charge is -2.14. The lowest BCUT2D eigenvalue weighted by Crippen LogP contribution is -2.35. The molecular formula is C25H18Cl2F4N4O3S. The van der Waals surface area contributed by atoms with Crippen LogP contribution in [0.25, 0.3) is 0 Å². The van der Waals surface area contributed by atoms with E-state index < -0.39 is 40.7 Å². The second kappa shape index (κ2) is 10.1. The minimum Gasteiger partial charge on any atom is -0.325 e. The minimum absolute atomic E-state index is 0.0412. The molecule has 5 rings (SSSR count). The third-order valence-corrected chi connectivity index (χ3v) is 7.86. The Bertz CT molecular complexity index is 1480. The number of halogens is 6. The number of benzene rings is 2. The maximum atomic E-state index is 13.6. The molecule has 3 N–H and O–H groups in total. The second-order valence-electron chi connectivity index (χ2n) is 9.30. The molecule has 0 unspecified atom stereocenters. The summed E-state index contributed by atoms with van der Waals surface area (Å²) in [5.41, 5.74) is -2.10. The number of aromatic nitrogens is 1. The number of amides is 3. The van der Waals surface area contributed by atoms with Crippen LogP contribution in [0.1, 0.15) is 52.5 Å². The maximum Gasteiger partial charge on any atom is 0.416 e. The number of alkyl halides is 3. The van der Waals surface area contributed by atoms with E-state index in [-0.39, 0.29) is 50.2 Å². The van der Waals surface area contributed by atoms with Crippen molar-refractivity contribution in [1.29, 1.82) is 0 Å². The molecule has 204 valence electrons. The average Bonchev–Trinajstić information content (AvgIpc) is 3.76. The van der Waals surface area contributed by atoms with Crippen LogP contribution < -0.4 is 16.0 Å². The Hall–Kier alpha value is -3.22. The molecule has 39 heavy (non-hydrogen) atoms. The highest BCUT2D eigenvalue weighted by Crippen LogP contribution is 2.49. The minimum atomic E-state index is -4.63. The quantitative estimate of drug-likeness (QED) is 0.199. The monoisotopic (exact) mass is 600 g/mol. The number of hydrogen-bond donors (Lipinski definition) is 3. The normalized spacial score (nSPS) is 15.9. The van der Waals surface area contributed by atoms with Crippen LogP contribution in [0.3, 0.4) is 0 Å². The van der Waals surface area contributed by atoms with Gasteiger partial charge in [0.15, 0.2) is 5.13 Å². The van der Waals surface area contributed by atoms with Gasteiger partial charge in [0.05, 0.1) is 22.0 Å². The number of nitrogens with one attached hydrogen (secondary N) is 3. The molecule has 0 atom stereocenters. The van der Waals surface area contributed by atoms with Crippen LogP contribution in [0, 0.1) is 11.2 Å². The van der Waals surface area contributed by atoms with Gasteiger partial charge in [-0.1, -0.05) is 34.5 Å². The Morgan fingerprint density at radius 1 is 0.974 bits per heavy atom. The summed E-state index contributed by atoms with van der Waals surface area (Å²) in [4.78, 5) is 43.5. The van der Waals surface area contributed by atoms with E-state index in [4.69, 9.17) is 23.2 Å². The summed E-state index contributed by atoms with van der Waals surface area (Å²) in [5, 5.41) is 7.56. The average molecular weight is 601 g/mol. The first kappa shape index (κ1) is 27.4. The third kappa shape index (κ3) is 5.87. The summed E-state index contributed by atoms with van der Waals surface area (Å²) in [6, 6.07) is 6.08. The van der Waals surface area contributed by atoms with Crippen molar-refractivity contribution >= 4 is 68.8 Å². The molecular weight excluding hydrogens is 583 g/mol. The van der Waals surface area contributed by atoms with Crippen LogP contribution in [0.15, 0.2) is 36.4 Å². The fraction of sp³-hybridized carbons (Fsp3) is 0.280. The summed E-state index contributed by atoms with van der Waals surface area (Å²) in [5.74, 6) is -2.71. The van der Waals surface area contributed by atoms with Gasteiger partial charge in [-0.15, -0.1) is 0 Å². The van der Waals surface area contributed by atoms with Gasteiger partial charge in [-0.25, -0.2) is 9.37 Å². The largest absolute Gasteiger partial charge is 0.416 e. The predicted octanol–water partition coefficient (Wildman–Crippen LogP) is 7.09. The van der Waals surface area contributed by atoms with Crippen molar-refractivity contribution < 1.29 is 31.9 Å². The van der Waals surface area contributed by atoms with Crippen molar-refractivity contribution in [2.75, 3.05) is 16.0 Å². The highest BCUT2D eigenvalue weighted by molar-refractivity contribution is 7.17. The van der Waals surface area contributed by atoms with Crippen molar-refractivity contribution in [2.45, 2.75) is 37.8 Å². The zero-order valence-electron chi connectivity index (χ0n) is 19.7. The van der Waals surface area contributed by atoms with Crippen LogP contribution in [-0.2, 0) is 15.8 Å². The molecule has 0 radical (unpaired) electrons. The highest BCUT2D eigenvalue weighted by Gasteiger charge is 2.57. The Morgan fingerprint density at radius 3 is 2.28 bits per heavy atom. The van der Waals surface area contributed by atoms with Gasteiger partial charge in [0.25, 0.3) is 5.91 Å². The zero-order chi connectivity index (χ0) is 28.1. The van der Waals surface area contributed by atoms with Gasteiger partial charge in [-0.2, -0.15) is 13.2 Å². The highest BCUT2D eigenvalue weighted by atomic mass is 35.5. The number of carbonyl (C=O) groups is 3. The fourth-order valence-electron chi connectivity index (χ4n) is 3.93. The standard InChI is InChI=1S/C25H18Cl2F4N4O3S/c26-13-8-14(28)10-15(9-13)32-21(37)24(5-6-24)22(38)35-23-34-18(11-1-2-11)19(39-23)20(36)33-17-7-12(25(29,30)31)3-4-16(17)27/h3-4,7-11H,1-2,5-6H2,(H,32,37)(H,33,36)(H,34,35,38). The molecule has 1 heterocycles. The molecule has 0 spiro atoms. The zero-order valence-corrected chi connectivity index (χ0v) is 22.0. The molecule has 2 aliphatic rings. The van der Waals surface area contributed by atoms with E-state index in [1.54, 1.807) is 0 Å². The van der Waals surface area contributed by atoms with E-state index in [0.29, 0.717) is 5.69 Å². The fourth-order valence-corrected chi connectivity index (χ4v) is 5.26. The predicted molar refractivity (Wildman–Crippen MR) is 139 cm³/mol. The van der Waals surface area contributed by atoms with E-state index in [1.165, 1.54) is 6.07 Å². The second-order valence-corrected chi connectivity index (χ2v) is 11.1. The smallest absolute Gasteiger partial charge is 0.325 e. The summed E-state index contributed by atoms with van der Waals surface area (Å²) in [6.45, 7) is 0. The molecule has 7 nitrogen and oxygen atoms in total. The summed E-state index contributed by atoms with van der Waals surface area (Å²) < 4.78 is 53.0. The number of thiazole rings is 1. The number of carbonyl (C=O) groups excluding carboxylic acids is 3. The first-order valence-electron chi connectivity index (χ1n) is 11.6. The van der Waals surface area contributed by atoms with E-state index in [1.807, 2.05) is 0 Å². The van der Waals surface area contributed by atoms with Crippen molar-refractivity contribution in [1.82, 2.24) is 4.98 Å². The first-order chi connectivity index (χ1) is 18.4. The van der Waals surface area contributed by atoms with Gasteiger partial charge in [-0.3, -0.25) is 14.4 Å². The summed E-state index contributed by atoms with van der Waals surface area (Å²) in [6.07, 6.45) is -2.63. The SMILES string of the molecule is O=C(Nc1cc(C(F)(F)F)ccc1Cl)c1sc(NC(=O)C2(C(=O)Nc3cc(F)cc(Cl)c3)CC2)nc1C1CC1. The van der Waals surface area contributed by atoms with Gasteiger partial charge in [0.1, 0.15) is 16.1 Å². The van der Waals surface area contributed by atoms with E-state index in [0.717, 1.165) is 54.5 Å². The number of hydrogen-bond acceptors (Lipinski definition) is 5. The maximum absolute atomic E-state index is 13.6. The molecule has 3 aromatic rings. The Morgan fingerprint density at radius 2 is 1.67 bits per heavy atom. The molecule has 3 amide bonds. The van der Waals surface area contributed by atoms with Crippen LogP contribution in [0.2, 0.25) is 10.0 Å². The van der Waals surface area contributed by atoms with E-state index >= 15 is 0 Å². The topological polar surface area (TPSA) is 100 Å². The van der Waals surface area contributed by atoms with Crippen molar-refractivity contribution in [3.05, 3.63) is 68.4 Å². The van der Waals surface area contributed by atoms with Crippen LogP contribution in [0.5, 0.6) is 0 Å². The number of anilines is 3. The third-order valence-electron chi connectivity index (χ3n) is 6.33. The Labute approximate surface area is 232 Å². The molecule has 2 saturated carbocycles. The van der Waals surface area contributed by atoms with Crippen molar-refractivity contribution in [3.63, 3.8) is 0 Å². The lowest BCUT2D eigenvalue weighted by atomic mass is 10.1. The van der Waals surface area contributed by atoms with Crippen LogP contribution in [0.4, 0.5) is 34.1 Å². The summed E-state index contributed by atoms with van der Waals surface area (Å²) in [7, 11) is 0. The lowest BCUT2D eigenvalue weighted by molar-refractivity contribution is -0.137. The van der Waals surface area contributed by atoms with Gasteiger partial charge < -0.3 is 16.0 Å². The number of nitrogens with zero attached hydrogens (tertiary/aromatic N) is 1. The van der Waals surface area contributed by atoms with Gasteiger partial charge in [-0.05, 0) is 62.1 Å². The Balaban J connectivity index is 1.33. The molecule has 0 bridgehead atoms. The molecule has 2 aliphatic carbocycles. The van der Waals surface area contributed by atoms with E-state index in [2.05, 4.69) is 20.9 Å². The molecule has 0 aliphatic heterocycles. The van der Waals surface area contributed by atoms with E-state index in [9.17, 15) is 31.9 Å². The van der Waals surface area contributed by atoms with Crippen molar-refractivity contribution in [2.24, 2.45) is 5.41 Å². The van der Waals surface area contributed by atoms with Gasteiger partial charge in [0.2, 0.25) is 11.8 Å². The summed E-state index contributed by atoms with van der Waals surface area (Å²) >= 11 is 12.7. The Kier molecular flexibility index (Phi) is 7.06. The van der Waals surface area contributed by atoms with Crippen LogP contribution >= 0.6 is 34.5 Å².